The molecule has 4 heteroatoms. The maximum atomic E-state index is 12.1. The molecule has 0 radical (unpaired) electrons. The third-order valence-corrected chi connectivity index (χ3v) is 3.17. The molecule has 3 rings (SSSR count). The molecule has 0 saturated heterocycles. The average Bonchev–Trinajstić information content (AvgIpc) is 2.47. The molecule has 1 amide bonds. The van der Waals surface area contributed by atoms with Crippen LogP contribution in [-0.4, -0.2) is 10.9 Å². The van der Waals surface area contributed by atoms with Gasteiger partial charge in [0.2, 0.25) is 0 Å². The molecule has 0 spiro atoms. The van der Waals surface area contributed by atoms with Crippen LogP contribution < -0.4 is 5.32 Å². The smallest absolute Gasteiger partial charge is 0.255 e. The van der Waals surface area contributed by atoms with Crippen LogP contribution in [-0.2, 0) is 0 Å². The lowest BCUT2D eigenvalue weighted by molar-refractivity contribution is 0.102. The van der Waals surface area contributed by atoms with Crippen LogP contribution >= 0.6 is 11.6 Å². The Bertz CT molecular complexity index is 786. The van der Waals surface area contributed by atoms with Crippen molar-refractivity contribution < 1.29 is 4.79 Å². The van der Waals surface area contributed by atoms with Gasteiger partial charge in [-0.3, -0.25) is 9.78 Å². The van der Waals surface area contributed by atoms with Gasteiger partial charge in [-0.1, -0.05) is 35.9 Å². The van der Waals surface area contributed by atoms with E-state index in [0.717, 1.165) is 10.9 Å². The van der Waals surface area contributed by atoms with E-state index < -0.39 is 0 Å². The predicted molar refractivity (Wildman–Crippen MR) is 81.1 cm³/mol. The van der Waals surface area contributed by atoms with Crippen molar-refractivity contribution in [3.8, 4) is 0 Å². The molecule has 3 nitrogen and oxygen atoms in total. The second-order valence-corrected chi connectivity index (χ2v) is 4.82. The molecule has 0 unspecified atom stereocenters. The highest BCUT2D eigenvalue weighted by atomic mass is 35.5. The van der Waals surface area contributed by atoms with Crippen molar-refractivity contribution in [2.45, 2.75) is 0 Å². The minimum atomic E-state index is -0.204. The number of benzene rings is 2. The van der Waals surface area contributed by atoms with E-state index in [1.165, 1.54) is 0 Å². The fraction of sp³-hybridized carbons (Fsp3) is 0. The quantitative estimate of drug-likeness (QED) is 0.767. The number of anilines is 1. The minimum Gasteiger partial charge on any atom is -0.321 e. The number of halogens is 1. The van der Waals surface area contributed by atoms with Gasteiger partial charge in [-0.2, -0.15) is 0 Å². The Balaban J connectivity index is 1.87. The van der Waals surface area contributed by atoms with Crippen molar-refractivity contribution >= 4 is 34.1 Å². The van der Waals surface area contributed by atoms with Crippen molar-refractivity contribution in [2.24, 2.45) is 0 Å². The zero-order valence-corrected chi connectivity index (χ0v) is 11.3. The largest absolute Gasteiger partial charge is 0.321 e. The Kier molecular flexibility index (Phi) is 3.35. The molecule has 3 aromatic rings. The van der Waals surface area contributed by atoms with E-state index in [1.54, 1.807) is 30.5 Å². The zero-order valence-electron chi connectivity index (χ0n) is 10.5. The maximum absolute atomic E-state index is 12.1. The Morgan fingerprint density at radius 1 is 1.05 bits per heavy atom. The molecule has 0 aliphatic carbocycles. The highest BCUT2D eigenvalue weighted by Crippen LogP contribution is 2.17. The van der Waals surface area contributed by atoms with Crippen molar-refractivity contribution in [3.05, 3.63) is 71.4 Å². The van der Waals surface area contributed by atoms with Gasteiger partial charge in [0, 0.05) is 16.0 Å². The van der Waals surface area contributed by atoms with Crippen LogP contribution in [0.3, 0.4) is 0 Å². The fourth-order valence-corrected chi connectivity index (χ4v) is 2.16. The van der Waals surface area contributed by atoms with Crippen LogP contribution in [0.4, 0.5) is 5.69 Å². The van der Waals surface area contributed by atoms with Crippen LogP contribution in [0.15, 0.2) is 60.8 Å². The van der Waals surface area contributed by atoms with E-state index in [9.17, 15) is 4.79 Å². The Hall–Kier alpha value is -2.39. The number of rotatable bonds is 2. The summed E-state index contributed by atoms with van der Waals surface area (Å²) in [6, 6.07) is 16.5. The van der Waals surface area contributed by atoms with E-state index in [2.05, 4.69) is 10.3 Å². The summed E-state index contributed by atoms with van der Waals surface area (Å²) in [5, 5.41) is 4.34. The third kappa shape index (κ3) is 2.63. The predicted octanol–water partition coefficient (Wildman–Crippen LogP) is 4.14. The topological polar surface area (TPSA) is 42.0 Å². The van der Waals surface area contributed by atoms with E-state index in [1.807, 2.05) is 30.3 Å². The SMILES string of the molecule is O=C(Nc1cnc2ccccc2c1)c1cccc(Cl)c1. The molecule has 98 valence electrons. The minimum absolute atomic E-state index is 0.204. The van der Waals surface area contributed by atoms with Gasteiger partial charge in [-0.25, -0.2) is 0 Å². The van der Waals surface area contributed by atoms with Gasteiger partial charge in [0.1, 0.15) is 0 Å². The number of nitrogens with zero attached hydrogens (tertiary/aromatic N) is 1. The molecule has 0 aliphatic heterocycles. The van der Waals surface area contributed by atoms with Gasteiger partial charge in [-0.15, -0.1) is 0 Å². The Morgan fingerprint density at radius 2 is 1.90 bits per heavy atom. The molecule has 1 N–H and O–H groups in total. The highest BCUT2D eigenvalue weighted by Gasteiger charge is 2.07. The molecule has 0 fully saturated rings. The van der Waals surface area contributed by atoms with Crippen LogP contribution in [0.1, 0.15) is 10.4 Å². The van der Waals surface area contributed by atoms with Gasteiger partial charge in [0.15, 0.2) is 0 Å². The van der Waals surface area contributed by atoms with Crippen molar-refractivity contribution in [1.29, 1.82) is 0 Å². The second kappa shape index (κ2) is 5.31. The van der Waals surface area contributed by atoms with Crippen LogP contribution in [0.2, 0.25) is 5.02 Å². The first-order valence-corrected chi connectivity index (χ1v) is 6.52. The number of aromatic nitrogens is 1. The standard InChI is InChI=1S/C16H11ClN2O/c17-13-6-3-5-12(8-13)16(20)19-14-9-11-4-1-2-7-15(11)18-10-14/h1-10H,(H,19,20). The maximum Gasteiger partial charge on any atom is 0.255 e. The summed E-state index contributed by atoms with van der Waals surface area (Å²) in [5.74, 6) is -0.204. The monoisotopic (exact) mass is 282 g/mol. The highest BCUT2D eigenvalue weighted by molar-refractivity contribution is 6.31. The number of hydrogen-bond acceptors (Lipinski definition) is 2. The van der Waals surface area contributed by atoms with Gasteiger partial charge >= 0.3 is 0 Å². The lowest BCUT2D eigenvalue weighted by Crippen LogP contribution is -2.11. The molecule has 1 heterocycles. The first kappa shape index (κ1) is 12.6. The lowest BCUT2D eigenvalue weighted by Gasteiger charge is -2.06. The molecule has 0 atom stereocenters. The number of amides is 1. The molecule has 20 heavy (non-hydrogen) atoms. The first-order chi connectivity index (χ1) is 9.72. The number of hydrogen-bond donors (Lipinski definition) is 1. The van der Waals surface area contributed by atoms with Crippen molar-refractivity contribution in [3.63, 3.8) is 0 Å². The number of fused-ring (bicyclic) bond motifs is 1. The molecule has 0 saturated carbocycles. The molecule has 1 aromatic heterocycles. The number of carbonyl (C=O) groups excluding carboxylic acids is 1. The summed E-state index contributed by atoms with van der Waals surface area (Å²) in [5.41, 5.74) is 2.08. The number of nitrogens with one attached hydrogen (secondary N) is 1. The Morgan fingerprint density at radius 3 is 2.75 bits per heavy atom. The lowest BCUT2D eigenvalue weighted by atomic mass is 10.2. The summed E-state index contributed by atoms with van der Waals surface area (Å²) >= 11 is 5.88. The van der Waals surface area contributed by atoms with E-state index in [4.69, 9.17) is 11.6 Å². The molecule has 2 aromatic carbocycles. The van der Waals surface area contributed by atoms with Gasteiger partial charge in [0.05, 0.1) is 17.4 Å². The number of pyridine rings is 1. The zero-order chi connectivity index (χ0) is 13.9. The third-order valence-electron chi connectivity index (χ3n) is 2.94. The van der Waals surface area contributed by atoms with E-state index in [-0.39, 0.29) is 5.91 Å². The fourth-order valence-electron chi connectivity index (χ4n) is 1.97. The van der Waals surface area contributed by atoms with Crippen molar-refractivity contribution in [2.75, 3.05) is 5.32 Å². The van der Waals surface area contributed by atoms with Crippen LogP contribution in [0.5, 0.6) is 0 Å². The molecular weight excluding hydrogens is 272 g/mol. The first-order valence-electron chi connectivity index (χ1n) is 6.14. The van der Waals surface area contributed by atoms with E-state index in [0.29, 0.717) is 16.3 Å². The van der Waals surface area contributed by atoms with Gasteiger partial charge in [-0.05, 0) is 30.3 Å². The van der Waals surface area contributed by atoms with Gasteiger partial charge in [0.25, 0.3) is 5.91 Å². The normalized spacial score (nSPS) is 10.4. The van der Waals surface area contributed by atoms with Crippen LogP contribution in [0, 0.1) is 0 Å². The number of para-hydroxylation sites is 1. The summed E-state index contributed by atoms with van der Waals surface area (Å²) < 4.78 is 0. The average molecular weight is 283 g/mol. The van der Waals surface area contributed by atoms with Gasteiger partial charge < -0.3 is 5.32 Å². The number of carbonyl (C=O) groups is 1. The molecule has 0 bridgehead atoms. The Labute approximate surface area is 121 Å². The summed E-state index contributed by atoms with van der Waals surface area (Å²) in [7, 11) is 0. The van der Waals surface area contributed by atoms with Crippen LogP contribution in [0.25, 0.3) is 10.9 Å². The van der Waals surface area contributed by atoms with E-state index >= 15 is 0 Å². The molecular formula is C16H11ClN2O. The summed E-state index contributed by atoms with van der Waals surface area (Å²) in [6.45, 7) is 0. The molecule has 0 aliphatic rings. The summed E-state index contributed by atoms with van der Waals surface area (Å²) in [4.78, 5) is 16.4. The summed E-state index contributed by atoms with van der Waals surface area (Å²) in [6.07, 6.45) is 1.64. The van der Waals surface area contributed by atoms with Crippen molar-refractivity contribution in [1.82, 2.24) is 4.98 Å². The second-order valence-electron chi connectivity index (χ2n) is 4.38.